The van der Waals surface area contributed by atoms with Crippen LogP contribution < -0.4 is 5.73 Å². The molecule has 2 heterocycles. The smallest absolute Gasteiger partial charge is 0.250 e. The molecule has 0 atom stereocenters. The van der Waals surface area contributed by atoms with Gasteiger partial charge in [0.2, 0.25) is 9.84 Å². The Labute approximate surface area is 116 Å². The van der Waals surface area contributed by atoms with Crippen molar-refractivity contribution in [1.82, 2.24) is 25.0 Å². The Hall–Kier alpha value is -1.77. The maximum Gasteiger partial charge on any atom is 0.250 e. The molecule has 0 bridgehead atoms. The van der Waals surface area contributed by atoms with Crippen LogP contribution in [0.5, 0.6) is 0 Å². The molecule has 0 saturated heterocycles. The zero-order valence-corrected chi connectivity index (χ0v) is 12.0. The summed E-state index contributed by atoms with van der Waals surface area (Å²) in [7, 11) is -3.51. The molecule has 8 nitrogen and oxygen atoms in total. The highest BCUT2D eigenvalue weighted by Gasteiger charge is 2.23. The van der Waals surface area contributed by atoms with Gasteiger partial charge in [0, 0.05) is 6.26 Å². The minimum absolute atomic E-state index is 0.0532. The summed E-state index contributed by atoms with van der Waals surface area (Å²) in [6, 6.07) is 0.204. The Balaban J connectivity index is 2.17. The van der Waals surface area contributed by atoms with Crippen molar-refractivity contribution in [3.05, 3.63) is 0 Å². The predicted molar refractivity (Wildman–Crippen MR) is 72.8 cm³/mol. The topological polar surface area (TPSA) is 117 Å². The average Bonchev–Trinajstić information content (AvgIpc) is 2.83. The van der Waals surface area contributed by atoms with Gasteiger partial charge >= 0.3 is 0 Å². The summed E-state index contributed by atoms with van der Waals surface area (Å²) in [5.41, 5.74) is 6.54. The van der Waals surface area contributed by atoms with Gasteiger partial charge in [0.05, 0.1) is 6.04 Å². The number of sulfone groups is 1. The van der Waals surface area contributed by atoms with E-state index in [-0.39, 0.29) is 17.0 Å². The SMILES string of the molecule is CS(=O)(=O)c1nc(N)c2nnn(C3CCCCC3)c2n1. The van der Waals surface area contributed by atoms with Crippen molar-refractivity contribution in [2.45, 2.75) is 43.3 Å². The van der Waals surface area contributed by atoms with Gasteiger partial charge in [0.1, 0.15) is 0 Å². The molecular formula is C11H16N6O2S. The molecule has 2 N–H and O–H groups in total. The van der Waals surface area contributed by atoms with Crippen LogP contribution in [0.25, 0.3) is 11.2 Å². The van der Waals surface area contributed by atoms with Crippen LogP contribution in [0.3, 0.4) is 0 Å². The van der Waals surface area contributed by atoms with E-state index in [0.29, 0.717) is 11.2 Å². The number of hydrogen-bond donors (Lipinski definition) is 1. The van der Waals surface area contributed by atoms with E-state index < -0.39 is 9.84 Å². The zero-order valence-electron chi connectivity index (χ0n) is 11.2. The van der Waals surface area contributed by atoms with Gasteiger partial charge < -0.3 is 5.73 Å². The number of rotatable bonds is 2. The van der Waals surface area contributed by atoms with E-state index in [4.69, 9.17) is 5.73 Å². The first-order valence-electron chi connectivity index (χ1n) is 6.55. The number of anilines is 1. The first-order valence-corrected chi connectivity index (χ1v) is 8.44. The summed E-state index contributed by atoms with van der Waals surface area (Å²) >= 11 is 0. The highest BCUT2D eigenvalue weighted by Crippen LogP contribution is 2.30. The standard InChI is InChI=1S/C11H16N6O2S/c1-20(18,19)11-13-9(12)8-10(14-11)17(16-15-8)7-5-3-2-4-6-7/h7H,2-6H2,1H3,(H2,12,13,14). The second-order valence-corrected chi connectivity index (χ2v) is 7.07. The van der Waals surface area contributed by atoms with Crippen molar-refractivity contribution in [3.8, 4) is 0 Å². The van der Waals surface area contributed by atoms with Crippen LogP contribution in [0.2, 0.25) is 0 Å². The van der Waals surface area contributed by atoms with E-state index in [2.05, 4.69) is 20.3 Å². The molecule has 1 saturated carbocycles. The first kappa shape index (κ1) is 13.2. The number of fused-ring (bicyclic) bond motifs is 1. The maximum atomic E-state index is 11.6. The van der Waals surface area contributed by atoms with Gasteiger partial charge in [0.25, 0.3) is 5.16 Å². The number of aromatic nitrogens is 5. The number of nitrogens with zero attached hydrogens (tertiary/aromatic N) is 5. The summed E-state index contributed by atoms with van der Waals surface area (Å²) in [6.45, 7) is 0. The van der Waals surface area contributed by atoms with Crippen LogP contribution in [0.15, 0.2) is 5.16 Å². The van der Waals surface area contributed by atoms with Crippen LogP contribution >= 0.6 is 0 Å². The molecule has 1 fully saturated rings. The van der Waals surface area contributed by atoms with E-state index >= 15 is 0 Å². The molecule has 0 aromatic carbocycles. The molecule has 0 amide bonds. The van der Waals surface area contributed by atoms with Crippen molar-refractivity contribution in [2.75, 3.05) is 12.0 Å². The van der Waals surface area contributed by atoms with Gasteiger partial charge in [0.15, 0.2) is 17.0 Å². The largest absolute Gasteiger partial charge is 0.382 e. The molecule has 1 aliphatic carbocycles. The quantitative estimate of drug-likeness (QED) is 0.811. The van der Waals surface area contributed by atoms with Crippen molar-refractivity contribution >= 4 is 26.8 Å². The lowest BCUT2D eigenvalue weighted by Crippen LogP contribution is -2.15. The molecular weight excluding hydrogens is 280 g/mol. The molecule has 2 aromatic heterocycles. The third-order valence-electron chi connectivity index (χ3n) is 3.58. The van der Waals surface area contributed by atoms with E-state index in [1.165, 1.54) is 6.42 Å². The Morgan fingerprint density at radius 1 is 1.20 bits per heavy atom. The Bertz CT molecular complexity index is 748. The lowest BCUT2D eigenvalue weighted by Gasteiger charge is -2.21. The molecule has 2 aromatic rings. The zero-order chi connectivity index (χ0) is 14.3. The van der Waals surface area contributed by atoms with Gasteiger partial charge in [-0.25, -0.2) is 13.1 Å². The molecule has 0 spiro atoms. The Morgan fingerprint density at radius 2 is 1.90 bits per heavy atom. The summed E-state index contributed by atoms with van der Waals surface area (Å²) in [5.74, 6) is 0.0532. The Morgan fingerprint density at radius 3 is 2.55 bits per heavy atom. The van der Waals surface area contributed by atoms with E-state index in [9.17, 15) is 8.42 Å². The molecule has 3 rings (SSSR count). The summed E-state index contributed by atoms with van der Waals surface area (Å²) in [4.78, 5) is 7.90. The summed E-state index contributed by atoms with van der Waals surface area (Å²) in [6.07, 6.45) is 6.53. The van der Waals surface area contributed by atoms with Crippen LogP contribution in [-0.2, 0) is 9.84 Å². The van der Waals surface area contributed by atoms with Gasteiger partial charge in [-0.05, 0) is 12.8 Å². The fourth-order valence-corrected chi connectivity index (χ4v) is 3.08. The van der Waals surface area contributed by atoms with Crippen molar-refractivity contribution < 1.29 is 8.42 Å². The van der Waals surface area contributed by atoms with Gasteiger partial charge in [-0.15, -0.1) is 5.10 Å². The van der Waals surface area contributed by atoms with E-state index in [1.807, 2.05) is 0 Å². The lowest BCUT2D eigenvalue weighted by atomic mass is 9.96. The van der Waals surface area contributed by atoms with Crippen molar-refractivity contribution in [3.63, 3.8) is 0 Å². The second kappa shape index (κ2) is 4.65. The van der Waals surface area contributed by atoms with Crippen LogP contribution in [0.4, 0.5) is 5.82 Å². The maximum absolute atomic E-state index is 11.6. The third kappa shape index (κ3) is 2.21. The van der Waals surface area contributed by atoms with E-state index in [1.54, 1.807) is 4.68 Å². The predicted octanol–water partition coefficient (Wildman–Crippen LogP) is 0.712. The van der Waals surface area contributed by atoms with Crippen molar-refractivity contribution in [2.24, 2.45) is 0 Å². The molecule has 0 unspecified atom stereocenters. The van der Waals surface area contributed by atoms with Crippen LogP contribution in [0.1, 0.15) is 38.1 Å². The second-order valence-electron chi connectivity index (χ2n) is 5.16. The molecule has 20 heavy (non-hydrogen) atoms. The number of nitrogen functional groups attached to an aromatic ring is 1. The normalized spacial score (nSPS) is 17.6. The van der Waals surface area contributed by atoms with Crippen LogP contribution in [0, 0.1) is 0 Å². The number of nitrogens with two attached hydrogens (primary N) is 1. The van der Waals surface area contributed by atoms with Gasteiger partial charge in [-0.2, -0.15) is 9.97 Å². The average molecular weight is 296 g/mol. The van der Waals surface area contributed by atoms with Crippen LogP contribution in [-0.4, -0.2) is 39.6 Å². The highest BCUT2D eigenvalue weighted by molar-refractivity contribution is 7.90. The fraction of sp³-hybridized carbons (Fsp3) is 0.636. The highest BCUT2D eigenvalue weighted by atomic mass is 32.2. The molecule has 9 heteroatoms. The minimum Gasteiger partial charge on any atom is -0.382 e. The Kier molecular flexibility index (Phi) is 3.08. The minimum atomic E-state index is -3.51. The monoisotopic (exact) mass is 296 g/mol. The molecule has 1 aliphatic rings. The number of hydrogen-bond acceptors (Lipinski definition) is 7. The lowest BCUT2D eigenvalue weighted by molar-refractivity contribution is 0.330. The fourth-order valence-electron chi connectivity index (χ4n) is 2.57. The molecule has 0 radical (unpaired) electrons. The summed E-state index contributed by atoms with van der Waals surface area (Å²) in [5, 5.41) is 7.80. The van der Waals surface area contributed by atoms with E-state index in [0.717, 1.165) is 31.9 Å². The molecule has 0 aliphatic heterocycles. The van der Waals surface area contributed by atoms with Gasteiger partial charge in [-0.1, -0.05) is 24.5 Å². The first-order chi connectivity index (χ1) is 9.47. The van der Waals surface area contributed by atoms with Crippen molar-refractivity contribution in [1.29, 1.82) is 0 Å². The third-order valence-corrected chi connectivity index (χ3v) is 4.43. The molecule has 108 valence electrons. The summed E-state index contributed by atoms with van der Waals surface area (Å²) < 4.78 is 24.9. The van der Waals surface area contributed by atoms with Gasteiger partial charge in [-0.3, -0.25) is 0 Å².